The molecule has 0 amide bonds. The van der Waals surface area contributed by atoms with Gasteiger partial charge in [0.1, 0.15) is 10.7 Å². The summed E-state index contributed by atoms with van der Waals surface area (Å²) in [6.07, 6.45) is 4.86. The summed E-state index contributed by atoms with van der Waals surface area (Å²) in [5.41, 5.74) is -0.152. The van der Waals surface area contributed by atoms with E-state index >= 15 is 0 Å². The molecule has 6 nitrogen and oxygen atoms in total. The number of pyridine rings is 1. The molecular weight excluding hydrogens is 278 g/mol. The Morgan fingerprint density at radius 1 is 1.55 bits per heavy atom. The molecule has 0 aromatic carbocycles. The number of sulfone groups is 1. The van der Waals surface area contributed by atoms with Crippen molar-refractivity contribution < 1.29 is 13.2 Å². The fraction of sp³-hybridized carbons (Fsp3) is 0.615. The van der Waals surface area contributed by atoms with Gasteiger partial charge in [0.15, 0.2) is 9.84 Å². The van der Waals surface area contributed by atoms with E-state index in [0.29, 0.717) is 19.0 Å². The first kappa shape index (κ1) is 15.2. The van der Waals surface area contributed by atoms with Gasteiger partial charge in [-0.15, -0.1) is 0 Å². The average molecular weight is 299 g/mol. The van der Waals surface area contributed by atoms with Gasteiger partial charge in [-0.1, -0.05) is 0 Å². The molecule has 0 bridgehead atoms. The molecule has 112 valence electrons. The van der Waals surface area contributed by atoms with Crippen LogP contribution in [0.25, 0.3) is 0 Å². The lowest BCUT2D eigenvalue weighted by molar-refractivity contribution is 0.127. The van der Waals surface area contributed by atoms with Crippen LogP contribution in [0.5, 0.6) is 0 Å². The Morgan fingerprint density at radius 2 is 2.35 bits per heavy atom. The quantitative estimate of drug-likeness (QED) is 0.803. The zero-order valence-corrected chi connectivity index (χ0v) is 12.7. The van der Waals surface area contributed by atoms with Crippen molar-refractivity contribution in [1.29, 1.82) is 0 Å². The van der Waals surface area contributed by atoms with Crippen molar-refractivity contribution in [3.63, 3.8) is 0 Å². The summed E-state index contributed by atoms with van der Waals surface area (Å²) in [5.74, 6) is 0.402. The molecule has 2 heterocycles. The largest absolute Gasteiger partial charge is 0.383 e. The lowest BCUT2D eigenvalue weighted by Gasteiger charge is -2.29. The van der Waals surface area contributed by atoms with Crippen molar-refractivity contribution in [3.8, 4) is 0 Å². The molecule has 1 unspecified atom stereocenters. The molecule has 1 aromatic rings. The first-order chi connectivity index (χ1) is 9.47. The van der Waals surface area contributed by atoms with Crippen molar-refractivity contribution in [2.24, 2.45) is 0 Å². The summed E-state index contributed by atoms with van der Waals surface area (Å²) in [7, 11) is -1.62. The SMILES string of the molecule is COCC1(CNc2ncccc2S(C)(=O)=O)CCCN1. The number of rotatable bonds is 6. The topological polar surface area (TPSA) is 80.3 Å². The van der Waals surface area contributed by atoms with E-state index in [9.17, 15) is 8.42 Å². The predicted molar refractivity (Wildman–Crippen MR) is 77.7 cm³/mol. The fourth-order valence-corrected chi connectivity index (χ4v) is 3.35. The minimum absolute atomic E-state index is 0.152. The van der Waals surface area contributed by atoms with Gasteiger partial charge in [-0.25, -0.2) is 13.4 Å². The number of hydrogen-bond donors (Lipinski definition) is 2. The van der Waals surface area contributed by atoms with Crippen molar-refractivity contribution in [2.75, 3.05) is 38.4 Å². The molecule has 0 saturated carbocycles. The van der Waals surface area contributed by atoms with Crippen LogP contribution in [-0.2, 0) is 14.6 Å². The van der Waals surface area contributed by atoms with E-state index in [1.165, 1.54) is 6.26 Å². The molecule has 1 saturated heterocycles. The molecule has 1 aromatic heterocycles. The molecule has 1 fully saturated rings. The molecule has 1 aliphatic heterocycles. The summed E-state index contributed by atoms with van der Waals surface area (Å²) in [6, 6.07) is 3.19. The molecule has 2 N–H and O–H groups in total. The van der Waals surface area contributed by atoms with E-state index in [-0.39, 0.29) is 10.4 Å². The van der Waals surface area contributed by atoms with Crippen LogP contribution in [0.2, 0.25) is 0 Å². The lowest BCUT2D eigenvalue weighted by atomic mass is 9.99. The second-order valence-electron chi connectivity index (χ2n) is 5.22. The number of aromatic nitrogens is 1. The Kier molecular flexibility index (Phi) is 4.62. The standard InChI is InChI=1S/C13H21N3O3S/c1-19-10-13(6-4-8-16-13)9-15-12-11(20(2,17)18)5-3-7-14-12/h3,5,7,16H,4,6,8-10H2,1-2H3,(H,14,15). The highest BCUT2D eigenvalue weighted by atomic mass is 32.2. The molecule has 7 heteroatoms. The Labute approximate surface area is 119 Å². The van der Waals surface area contributed by atoms with E-state index in [2.05, 4.69) is 15.6 Å². The van der Waals surface area contributed by atoms with Gasteiger partial charge < -0.3 is 15.4 Å². The van der Waals surface area contributed by atoms with Crippen molar-refractivity contribution in [3.05, 3.63) is 18.3 Å². The minimum Gasteiger partial charge on any atom is -0.383 e. The van der Waals surface area contributed by atoms with Crippen LogP contribution in [0.1, 0.15) is 12.8 Å². The van der Waals surface area contributed by atoms with Gasteiger partial charge in [-0.2, -0.15) is 0 Å². The highest BCUT2D eigenvalue weighted by Crippen LogP contribution is 2.23. The summed E-state index contributed by atoms with van der Waals surface area (Å²) in [6.45, 7) is 2.12. The zero-order chi connectivity index (χ0) is 14.6. The molecule has 1 atom stereocenters. The van der Waals surface area contributed by atoms with Crippen LogP contribution >= 0.6 is 0 Å². The van der Waals surface area contributed by atoms with E-state index in [0.717, 1.165) is 19.4 Å². The summed E-state index contributed by atoms with van der Waals surface area (Å²) in [5, 5.41) is 6.59. The highest BCUT2D eigenvalue weighted by molar-refractivity contribution is 7.90. The maximum absolute atomic E-state index is 11.7. The molecule has 2 rings (SSSR count). The van der Waals surface area contributed by atoms with Gasteiger partial charge in [0, 0.05) is 26.1 Å². The Bertz CT molecular complexity index is 554. The van der Waals surface area contributed by atoms with E-state index in [1.807, 2.05) is 0 Å². The van der Waals surface area contributed by atoms with Gasteiger partial charge in [0.05, 0.1) is 12.1 Å². The number of ether oxygens (including phenoxy) is 1. The fourth-order valence-electron chi connectivity index (χ4n) is 2.55. The molecule has 0 radical (unpaired) electrons. The van der Waals surface area contributed by atoms with Gasteiger partial charge in [-0.05, 0) is 31.5 Å². The molecule has 0 aliphatic carbocycles. The zero-order valence-electron chi connectivity index (χ0n) is 11.8. The second kappa shape index (κ2) is 6.07. The Hall–Kier alpha value is -1.18. The Balaban J connectivity index is 2.15. The maximum Gasteiger partial charge on any atom is 0.179 e. The third kappa shape index (κ3) is 3.47. The van der Waals surface area contributed by atoms with Crippen LogP contribution in [0, 0.1) is 0 Å². The lowest BCUT2D eigenvalue weighted by Crippen LogP contribution is -2.49. The van der Waals surface area contributed by atoms with Crippen LogP contribution in [0.4, 0.5) is 5.82 Å². The van der Waals surface area contributed by atoms with Crippen molar-refractivity contribution in [1.82, 2.24) is 10.3 Å². The smallest absolute Gasteiger partial charge is 0.179 e. The van der Waals surface area contributed by atoms with Crippen LogP contribution < -0.4 is 10.6 Å². The molecule has 0 spiro atoms. The van der Waals surface area contributed by atoms with Gasteiger partial charge in [0.25, 0.3) is 0 Å². The number of methoxy groups -OCH3 is 1. The van der Waals surface area contributed by atoms with E-state index in [4.69, 9.17) is 4.74 Å². The van der Waals surface area contributed by atoms with E-state index < -0.39 is 9.84 Å². The molecule has 1 aliphatic rings. The summed E-state index contributed by atoms with van der Waals surface area (Å²) < 4.78 is 28.7. The van der Waals surface area contributed by atoms with Crippen LogP contribution in [0.15, 0.2) is 23.2 Å². The first-order valence-corrected chi connectivity index (χ1v) is 8.49. The third-order valence-electron chi connectivity index (χ3n) is 3.52. The second-order valence-corrected chi connectivity index (χ2v) is 7.20. The molecule has 20 heavy (non-hydrogen) atoms. The van der Waals surface area contributed by atoms with Gasteiger partial charge >= 0.3 is 0 Å². The van der Waals surface area contributed by atoms with Crippen molar-refractivity contribution in [2.45, 2.75) is 23.3 Å². The number of nitrogens with one attached hydrogen (secondary N) is 2. The highest BCUT2D eigenvalue weighted by Gasteiger charge is 2.33. The van der Waals surface area contributed by atoms with Crippen molar-refractivity contribution >= 4 is 15.7 Å². The number of nitrogens with zero attached hydrogens (tertiary/aromatic N) is 1. The van der Waals surface area contributed by atoms with Crippen LogP contribution in [-0.4, -0.2) is 52.0 Å². The van der Waals surface area contributed by atoms with E-state index in [1.54, 1.807) is 25.4 Å². The predicted octanol–water partition coefficient (Wildman–Crippen LogP) is 0.666. The minimum atomic E-state index is -3.29. The normalized spacial score (nSPS) is 22.9. The summed E-state index contributed by atoms with van der Waals surface area (Å²) >= 11 is 0. The monoisotopic (exact) mass is 299 g/mol. The maximum atomic E-state index is 11.7. The number of hydrogen-bond acceptors (Lipinski definition) is 6. The van der Waals surface area contributed by atoms with Crippen LogP contribution in [0.3, 0.4) is 0 Å². The first-order valence-electron chi connectivity index (χ1n) is 6.60. The Morgan fingerprint density at radius 3 is 2.95 bits per heavy atom. The molecular formula is C13H21N3O3S. The van der Waals surface area contributed by atoms with Gasteiger partial charge in [0.2, 0.25) is 0 Å². The van der Waals surface area contributed by atoms with Gasteiger partial charge in [-0.3, -0.25) is 0 Å². The number of anilines is 1. The summed E-state index contributed by atoms with van der Waals surface area (Å²) in [4.78, 5) is 4.37. The third-order valence-corrected chi connectivity index (χ3v) is 4.65. The average Bonchev–Trinajstić information content (AvgIpc) is 2.85.